The van der Waals surface area contributed by atoms with E-state index in [9.17, 15) is 0 Å². The third-order valence-corrected chi connectivity index (χ3v) is 3.50. The Morgan fingerprint density at radius 3 is 2.41 bits per heavy atom. The highest BCUT2D eigenvalue weighted by atomic mass is 16.5. The zero-order valence-corrected chi connectivity index (χ0v) is 13.2. The van der Waals surface area contributed by atoms with Crippen molar-refractivity contribution in [2.45, 2.75) is 19.9 Å². The highest BCUT2D eigenvalue weighted by molar-refractivity contribution is 5.50. The second-order valence-electron chi connectivity index (χ2n) is 4.97. The number of nitrogens with one attached hydrogen (secondary N) is 1. The van der Waals surface area contributed by atoms with E-state index in [1.807, 2.05) is 26.0 Å². The van der Waals surface area contributed by atoms with Crippen LogP contribution in [0.5, 0.6) is 11.5 Å². The Hall–Kier alpha value is -2.74. The van der Waals surface area contributed by atoms with E-state index in [2.05, 4.69) is 16.4 Å². The molecular formula is C17H19N3O2. The molecule has 1 heterocycles. The number of aryl methyl sites for hydroxylation is 1. The van der Waals surface area contributed by atoms with Gasteiger partial charge in [-0.15, -0.1) is 0 Å². The number of methoxy groups -OCH3 is 2. The number of nitrogens with zero attached hydrogens (tertiary/aromatic N) is 2. The minimum Gasteiger partial charge on any atom is -0.493 e. The van der Waals surface area contributed by atoms with Crippen molar-refractivity contribution in [2.24, 2.45) is 0 Å². The van der Waals surface area contributed by atoms with Gasteiger partial charge in [0.15, 0.2) is 11.5 Å². The SMILES string of the molecule is COc1cc(C)c([C@H](C)Nc2ccc(C#N)cn2)cc1OC. The van der Waals surface area contributed by atoms with Crippen molar-refractivity contribution in [2.75, 3.05) is 19.5 Å². The molecule has 1 aromatic heterocycles. The van der Waals surface area contributed by atoms with Crippen molar-refractivity contribution in [1.82, 2.24) is 4.98 Å². The maximum absolute atomic E-state index is 8.80. The minimum absolute atomic E-state index is 0.0419. The third-order valence-electron chi connectivity index (χ3n) is 3.50. The van der Waals surface area contributed by atoms with Gasteiger partial charge < -0.3 is 14.8 Å². The van der Waals surface area contributed by atoms with Crippen LogP contribution in [0.3, 0.4) is 0 Å². The molecule has 0 saturated heterocycles. The molecule has 0 aliphatic carbocycles. The molecule has 2 aromatic rings. The first-order chi connectivity index (χ1) is 10.6. The maximum atomic E-state index is 8.80. The van der Waals surface area contributed by atoms with Gasteiger partial charge in [0, 0.05) is 6.20 Å². The molecule has 5 nitrogen and oxygen atoms in total. The van der Waals surface area contributed by atoms with E-state index < -0.39 is 0 Å². The number of hydrogen-bond donors (Lipinski definition) is 1. The summed E-state index contributed by atoms with van der Waals surface area (Å²) < 4.78 is 10.7. The molecule has 22 heavy (non-hydrogen) atoms. The fourth-order valence-electron chi connectivity index (χ4n) is 2.31. The van der Waals surface area contributed by atoms with Crippen molar-refractivity contribution in [3.05, 3.63) is 47.2 Å². The first-order valence-electron chi connectivity index (χ1n) is 6.94. The molecule has 0 bridgehead atoms. The van der Waals surface area contributed by atoms with E-state index in [0.29, 0.717) is 17.1 Å². The molecule has 1 atom stereocenters. The fraction of sp³-hybridized carbons (Fsp3) is 0.294. The average molecular weight is 297 g/mol. The number of benzene rings is 1. The molecule has 0 unspecified atom stereocenters. The average Bonchev–Trinajstić information content (AvgIpc) is 2.55. The predicted octanol–water partition coefficient (Wildman–Crippen LogP) is 3.45. The first-order valence-corrected chi connectivity index (χ1v) is 6.94. The van der Waals surface area contributed by atoms with Crippen molar-refractivity contribution in [1.29, 1.82) is 5.26 Å². The summed E-state index contributed by atoms with van der Waals surface area (Å²) in [6.45, 7) is 4.08. The molecule has 1 aromatic carbocycles. The van der Waals surface area contributed by atoms with Crippen molar-refractivity contribution in [3.8, 4) is 17.6 Å². The van der Waals surface area contributed by atoms with E-state index in [-0.39, 0.29) is 6.04 Å². The van der Waals surface area contributed by atoms with Gasteiger partial charge >= 0.3 is 0 Å². The van der Waals surface area contributed by atoms with Gasteiger partial charge in [-0.05, 0) is 49.2 Å². The molecule has 0 fully saturated rings. The second-order valence-corrected chi connectivity index (χ2v) is 4.97. The zero-order chi connectivity index (χ0) is 16.1. The van der Waals surface area contributed by atoms with Crippen LogP contribution in [0.15, 0.2) is 30.5 Å². The molecule has 114 valence electrons. The summed E-state index contributed by atoms with van der Waals surface area (Å²) in [5.41, 5.74) is 2.75. The van der Waals surface area contributed by atoms with Gasteiger partial charge in [0.25, 0.3) is 0 Å². The van der Waals surface area contributed by atoms with Crippen LogP contribution in [-0.4, -0.2) is 19.2 Å². The van der Waals surface area contributed by atoms with E-state index in [0.717, 1.165) is 16.9 Å². The first kappa shape index (κ1) is 15.6. The fourth-order valence-corrected chi connectivity index (χ4v) is 2.31. The van der Waals surface area contributed by atoms with Crippen LogP contribution in [0.1, 0.15) is 29.7 Å². The Labute approximate surface area is 130 Å². The molecule has 0 aliphatic heterocycles. The summed E-state index contributed by atoms with van der Waals surface area (Å²) in [6.07, 6.45) is 1.55. The van der Waals surface area contributed by atoms with Crippen LogP contribution in [0.25, 0.3) is 0 Å². The van der Waals surface area contributed by atoms with Crippen LogP contribution in [0, 0.1) is 18.3 Å². The molecular weight excluding hydrogens is 278 g/mol. The maximum Gasteiger partial charge on any atom is 0.161 e. The van der Waals surface area contributed by atoms with Crippen LogP contribution in [0.2, 0.25) is 0 Å². The van der Waals surface area contributed by atoms with Crippen LogP contribution in [-0.2, 0) is 0 Å². The molecule has 0 spiro atoms. The van der Waals surface area contributed by atoms with Gasteiger partial charge in [0.05, 0.1) is 25.8 Å². The lowest BCUT2D eigenvalue weighted by atomic mass is 10.0. The highest BCUT2D eigenvalue weighted by Crippen LogP contribution is 2.33. The normalized spacial score (nSPS) is 11.4. The summed E-state index contributed by atoms with van der Waals surface area (Å²) in [5.74, 6) is 2.14. The summed E-state index contributed by atoms with van der Waals surface area (Å²) in [4.78, 5) is 4.23. The lowest BCUT2D eigenvalue weighted by Gasteiger charge is -2.19. The summed E-state index contributed by atoms with van der Waals surface area (Å²) >= 11 is 0. The summed E-state index contributed by atoms with van der Waals surface area (Å²) in [5, 5.41) is 12.1. The van der Waals surface area contributed by atoms with Gasteiger partial charge in [0.2, 0.25) is 0 Å². The largest absolute Gasteiger partial charge is 0.493 e. The van der Waals surface area contributed by atoms with Crippen molar-refractivity contribution < 1.29 is 9.47 Å². The molecule has 0 amide bonds. The number of hydrogen-bond acceptors (Lipinski definition) is 5. The smallest absolute Gasteiger partial charge is 0.161 e. The molecule has 5 heteroatoms. The molecule has 0 aliphatic rings. The lowest BCUT2D eigenvalue weighted by Crippen LogP contribution is -2.10. The summed E-state index contributed by atoms with van der Waals surface area (Å²) in [7, 11) is 3.25. The highest BCUT2D eigenvalue weighted by Gasteiger charge is 2.14. The third kappa shape index (κ3) is 3.29. The van der Waals surface area contributed by atoms with Gasteiger partial charge in [-0.25, -0.2) is 4.98 Å². The van der Waals surface area contributed by atoms with Gasteiger partial charge in [-0.1, -0.05) is 0 Å². The molecule has 2 rings (SSSR count). The number of nitriles is 1. The minimum atomic E-state index is 0.0419. The van der Waals surface area contributed by atoms with Crippen LogP contribution < -0.4 is 14.8 Å². The van der Waals surface area contributed by atoms with E-state index in [1.165, 1.54) is 0 Å². The standard InChI is InChI=1S/C17H19N3O2/c1-11-7-15(21-3)16(22-4)8-14(11)12(2)20-17-6-5-13(9-18)10-19-17/h5-8,10,12H,1-4H3,(H,19,20)/t12-/m0/s1. The van der Waals surface area contributed by atoms with Crippen molar-refractivity contribution >= 4 is 5.82 Å². The Bertz CT molecular complexity index is 690. The number of anilines is 1. The summed E-state index contributed by atoms with van der Waals surface area (Å²) in [6, 6.07) is 9.56. The topological polar surface area (TPSA) is 67.2 Å². The number of aromatic nitrogens is 1. The Morgan fingerprint density at radius 2 is 1.86 bits per heavy atom. The quantitative estimate of drug-likeness (QED) is 0.915. The molecule has 0 saturated carbocycles. The molecule has 0 radical (unpaired) electrons. The van der Waals surface area contributed by atoms with E-state index >= 15 is 0 Å². The van der Waals surface area contributed by atoms with Gasteiger partial charge in [-0.3, -0.25) is 0 Å². The number of rotatable bonds is 5. The number of ether oxygens (including phenoxy) is 2. The van der Waals surface area contributed by atoms with E-state index in [4.69, 9.17) is 14.7 Å². The second kappa shape index (κ2) is 6.81. The Balaban J connectivity index is 2.24. The van der Waals surface area contributed by atoms with Crippen LogP contribution in [0.4, 0.5) is 5.82 Å². The van der Waals surface area contributed by atoms with Crippen molar-refractivity contribution in [3.63, 3.8) is 0 Å². The van der Waals surface area contributed by atoms with E-state index in [1.54, 1.807) is 32.5 Å². The Kier molecular flexibility index (Phi) is 4.84. The van der Waals surface area contributed by atoms with Crippen LogP contribution >= 0.6 is 0 Å². The van der Waals surface area contributed by atoms with Gasteiger partial charge in [0.1, 0.15) is 11.9 Å². The lowest BCUT2D eigenvalue weighted by molar-refractivity contribution is 0.354. The monoisotopic (exact) mass is 297 g/mol. The zero-order valence-electron chi connectivity index (χ0n) is 13.2. The Morgan fingerprint density at radius 1 is 1.18 bits per heavy atom. The molecule has 1 N–H and O–H groups in total. The predicted molar refractivity (Wildman–Crippen MR) is 85.3 cm³/mol. The number of pyridine rings is 1. The van der Waals surface area contributed by atoms with Gasteiger partial charge in [-0.2, -0.15) is 5.26 Å².